The molecule has 9 heteroatoms. The molecular formula is C28H24F4N2O3. The normalized spacial score (nSPS) is 14.4. The standard InChI is InChI=1S/C28H24F4N2O3/c1-27(2)15-17-7-9-20(37-3)13-21(17)24(34-27)14-25(35)16-5-4-6-19(11-16)33-26(36)22-12-18(29)8-10-23(22)28(30,31)32/h4-13H,14-15H2,1-3H3,(H,33,36). The van der Waals surface area contributed by atoms with Gasteiger partial charge in [0.25, 0.3) is 5.91 Å². The zero-order valence-corrected chi connectivity index (χ0v) is 20.4. The quantitative estimate of drug-likeness (QED) is 0.303. The summed E-state index contributed by atoms with van der Waals surface area (Å²) in [5.41, 5.74) is 0.277. The van der Waals surface area contributed by atoms with Crippen LogP contribution in [0.5, 0.6) is 5.75 Å². The van der Waals surface area contributed by atoms with Crippen LogP contribution < -0.4 is 10.1 Å². The summed E-state index contributed by atoms with van der Waals surface area (Å²) in [6.07, 6.45) is -4.17. The molecule has 0 spiro atoms. The third kappa shape index (κ3) is 5.87. The van der Waals surface area contributed by atoms with E-state index in [9.17, 15) is 27.2 Å². The summed E-state index contributed by atoms with van der Waals surface area (Å²) >= 11 is 0. The summed E-state index contributed by atoms with van der Waals surface area (Å²) in [7, 11) is 1.55. The molecule has 0 aromatic heterocycles. The van der Waals surface area contributed by atoms with Gasteiger partial charge in [-0.2, -0.15) is 13.2 Å². The number of hydrogen-bond acceptors (Lipinski definition) is 4. The van der Waals surface area contributed by atoms with Crippen molar-refractivity contribution >= 4 is 23.1 Å². The summed E-state index contributed by atoms with van der Waals surface area (Å²) in [5.74, 6) is -1.77. The number of ether oxygens (including phenoxy) is 1. The van der Waals surface area contributed by atoms with Gasteiger partial charge < -0.3 is 10.1 Å². The van der Waals surface area contributed by atoms with E-state index in [-0.39, 0.29) is 23.5 Å². The van der Waals surface area contributed by atoms with Gasteiger partial charge in [-0.05, 0) is 68.3 Å². The Balaban J connectivity index is 1.58. The molecule has 1 aliphatic heterocycles. The Morgan fingerprint density at radius 1 is 1.05 bits per heavy atom. The van der Waals surface area contributed by atoms with Crippen LogP contribution in [0.4, 0.5) is 23.2 Å². The number of methoxy groups -OCH3 is 1. The molecule has 1 amide bonds. The fourth-order valence-corrected chi connectivity index (χ4v) is 4.35. The molecule has 4 rings (SSSR count). The lowest BCUT2D eigenvalue weighted by atomic mass is 9.85. The number of aliphatic imine (C=N–C) groups is 1. The van der Waals surface area contributed by atoms with Gasteiger partial charge in [-0.1, -0.05) is 18.2 Å². The number of fused-ring (bicyclic) bond motifs is 1. The van der Waals surface area contributed by atoms with Crippen molar-refractivity contribution in [3.63, 3.8) is 0 Å². The number of anilines is 1. The molecule has 0 radical (unpaired) electrons. The molecule has 3 aromatic carbocycles. The lowest BCUT2D eigenvalue weighted by Gasteiger charge is -2.29. The van der Waals surface area contributed by atoms with Gasteiger partial charge >= 0.3 is 6.18 Å². The van der Waals surface area contributed by atoms with E-state index in [4.69, 9.17) is 9.73 Å². The number of hydrogen-bond donors (Lipinski definition) is 1. The van der Waals surface area contributed by atoms with Gasteiger partial charge in [0.2, 0.25) is 0 Å². The first-order valence-electron chi connectivity index (χ1n) is 11.4. The molecule has 5 nitrogen and oxygen atoms in total. The predicted octanol–water partition coefficient (Wildman–Crippen LogP) is 6.50. The summed E-state index contributed by atoms with van der Waals surface area (Å²) in [6, 6.07) is 13.2. The van der Waals surface area contributed by atoms with Gasteiger partial charge in [0.15, 0.2) is 5.78 Å². The monoisotopic (exact) mass is 512 g/mol. The first kappa shape index (κ1) is 26.1. The molecule has 1 aliphatic rings. The predicted molar refractivity (Wildman–Crippen MR) is 132 cm³/mol. The van der Waals surface area contributed by atoms with Crippen molar-refractivity contribution in [2.24, 2.45) is 4.99 Å². The van der Waals surface area contributed by atoms with Gasteiger partial charge in [0.1, 0.15) is 11.6 Å². The van der Waals surface area contributed by atoms with Crippen molar-refractivity contribution in [3.05, 3.63) is 94.3 Å². The maximum atomic E-state index is 13.6. The topological polar surface area (TPSA) is 67.8 Å². The number of carbonyl (C=O) groups is 2. The fraction of sp³-hybridized carbons (Fsp3) is 0.250. The Morgan fingerprint density at radius 3 is 2.51 bits per heavy atom. The minimum Gasteiger partial charge on any atom is -0.497 e. The first-order valence-corrected chi connectivity index (χ1v) is 11.4. The molecule has 0 atom stereocenters. The molecule has 0 saturated carbocycles. The Morgan fingerprint density at radius 2 is 1.81 bits per heavy atom. The SMILES string of the molecule is COc1ccc2c(c1)C(CC(=O)c1cccc(NC(=O)c3cc(F)ccc3C(F)(F)F)c1)=NC(C)(C)C2. The van der Waals surface area contributed by atoms with Crippen LogP contribution in [0.25, 0.3) is 0 Å². The van der Waals surface area contributed by atoms with E-state index in [0.29, 0.717) is 36.1 Å². The van der Waals surface area contributed by atoms with E-state index in [0.717, 1.165) is 11.1 Å². The number of halogens is 4. The van der Waals surface area contributed by atoms with Crippen LogP contribution in [0.3, 0.4) is 0 Å². The fourth-order valence-electron chi connectivity index (χ4n) is 4.35. The highest BCUT2D eigenvalue weighted by molar-refractivity contribution is 6.17. The van der Waals surface area contributed by atoms with Crippen molar-refractivity contribution in [2.75, 3.05) is 12.4 Å². The number of amides is 1. The van der Waals surface area contributed by atoms with Crippen molar-refractivity contribution in [1.82, 2.24) is 0 Å². The first-order chi connectivity index (χ1) is 17.4. The molecule has 0 bridgehead atoms. The van der Waals surface area contributed by atoms with E-state index in [2.05, 4.69) is 5.32 Å². The van der Waals surface area contributed by atoms with Crippen LogP contribution in [0, 0.1) is 5.82 Å². The van der Waals surface area contributed by atoms with E-state index in [1.807, 2.05) is 32.0 Å². The van der Waals surface area contributed by atoms with Gasteiger partial charge in [0.05, 0.1) is 35.9 Å². The van der Waals surface area contributed by atoms with Crippen LogP contribution >= 0.6 is 0 Å². The molecule has 1 heterocycles. The van der Waals surface area contributed by atoms with Gasteiger partial charge in [-0.3, -0.25) is 14.6 Å². The van der Waals surface area contributed by atoms with Crippen LogP contribution in [-0.2, 0) is 12.6 Å². The maximum Gasteiger partial charge on any atom is 0.417 e. The molecule has 0 aliphatic carbocycles. The largest absolute Gasteiger partial charge is 0.497 e. The number of alkyl halides is 3. The summed E-state index contributed by atoms with van der Waals surface area (Å²) in [6.45, 7) is 3.95. The average molecular weight is 513 g/mol. The van der Waals surface area contributed by atoms with E-state index >= 15 is 0 Å². The number of Topliss-reactive ketones (excluding diaryl/α,β-unsaturated/α-hetero) is 1. The lowest BCUT2D eigenvalue weighted by Crippen LogP contribution is -2.30. The van der Waals surface area contributed by atoms with Crippen molar-refractivity contribution in [2.45, 2.75) is 38.4 Å². The van der Waals surface area contributed by atoms with Crippen LogP contribution in [0.15, 0.2) is 65.7 Å². The Kier molecular flexibility index (Phi) is 6.90. The summed E-state index contributed by atoms with van der Waals surface area (Å²) in [5, 5.41) is 2.34. The van der Waals surface area contributed by atoms with Crippen LogP contribution in [0.1, 0.15) is 57.7 Å². The minimum atomic E-state index is -4.84. The van der Waals surface area contributed by atoms with Gasteiger partial charge in [-0.25, -0.2) is 4.39 Å². The number of nitrogens with one attached hydrogen (secondary N) is 1. The second-order valence-corrected chi connectivity index (χ2v) is 9.39. The van der Waals surface area contributed by atoms with Gasteiger partial charge in [0, 0.05) is 16.8 Å². The smallest absolute Gasteiger partial charge is 0.417 e. The highest BCUT2D eigenvalue weighted by atomic mass is 19.4. The number of benzene rings is 3. The second kappa shape index (κ2) is 9.80. The van der Waals surface area contributed by atoms with Crippen LogP contribution in [-0.4, -0.2) is 30.1 Å². The molecule has 3 aromatic rings. The van der Waals surface area contributed by atoms with Crippen molar-refractivity contribution in [3.8, 4) is 5.75 Å². The number of rotatable bonds is 6. The number of carbonyl (C=O) groups excluding carboxylic acids is 2. The molecule has 192 valence electrons. The highest BCUT2D eigenvalue weighted by Gasteiger charge is 2.35. The average Bonchev–Trinajstić information content (AvgIpc) is 2.82. The molecular weight excluding hydrogens is 488 g/mol. The second-order valence-electron chi connectivity index (χ2n) is 9.39. The van der Waals surface area contributed by atoms with E-state index < -0.39 is 34.6 Å². The zero-order chi connectivity index (χ0) is 27.0. The molecule has 1 N–H and O–H groups in total. The van der Waals surface area contributed by atoms with E-state index in [1.165, 1.54) is 18.2 Å². The lowest BCUT2D eigenvalue weighted by molar-refractivity contribution is -0.137. The van der Waals surface area contributed by atoms with Gasteiger partial charge in [-0.15, -0.1) is 0 Å². The van der Waals surface area contributed by atoms with Crippen LogP contribution in [0.2, 0.25) is 0 Å². The Hall–Kier alpha value is -4.01. The maximum absolute atomic E-state index is 13.6. The summed E-state index contributed by atoms with van der Waals surface area (Å²) in [4.78, 5) is 30.6. The molecule has 0 fully saturated rings. The molecule has 37 heavy (non-hydrogen) atoms. The minimum absolute atomic E-state index is 0.0247. The van der Waals surface area contributed by atoms with E-state index in [1.54, 1.807) is 13.2 Å². The molecule has 0 unspecified atom stereocenters. The number of nitrogens with zero attached hydrogens (tertiary/aromatic N) is 1. The summed E-state index contributed by atoms with van der Waals surface area (Å²) < 4.78 is 58.9. The molecule has 0 saturated heterocycles. The highest BCUT2D eigenvalue weighted by Crippen LogP contribution is 2.33. The third-order valence-corrected chi connectivity index (χ3v) is 5.99. The van der Waals surface area contributed by atoms with Crippen molar-refractivity contribution < 1.29 is 31.9 Å². The Labute approximate surface area is 211 Å². The Bertz CT molecular complexity index is 1410. The number of ketones is 1. The van der Waals surface area contributed by atoms with Crippen molar-refractivity contribution in [1.29, 1.82) is 0 Å². The third-order valence-electron chi connectivity index (χ3n) is 5.99. The zero-order valence-electron chi connectivity index (χ0n) is 20.4.